The summed E-state index contributed by atoms with van der Waals surface area (Å²) in [7, 11) is 0. The molecule has 24 heavy (non-hydrogen) atoms. The zero-order chi connectivity index (χ0) is 16.9. The maximum absolute atomic E-state index is 12.4. The largest absolute Gasteiger partial charge is 0.481 e. The van der Waals surface area contributed by atoms with Crippen LogP contribution in [-0.4, -0.2) is 18.1 Å². The molecule has 3 heteroatoms. The number of hydrogen-bond acceptors (Lipinski definition) is 2. The normalized spacial score (nSPS) is 18.1. The van der Waals surface area contributed by atoms with Gasteiger partial charge in [-0.3, -0.25) is 4.79 Å². The number of rotatable bonds is 5. The maximum atomic E-state index is 12.4. The van der Waals surface area contributed by atoms with Gasteiger partial charge in [-0.2, -0.15) is 0 Å². The minimum absolute atomic E-state index is 0.0266. The Morgan fingerprint density at radius 2 is 1.75 bits per heavy atom. The molecule has 0 heterocycles. The van der Waals surface area contributed by atoms with E-state index in [0.717, 1.165) is 11.1 Å². The summed E-state index contributed by atoms with van der Waals surface area (Å²) < 4.78 is 5.86. The molecule has 3 rings (SSSR count). The number of ether oxygens (including phenoxy) is 1. The van der Waals surface area contributed by atoms with E-state index in [1.54, 1.807) is 0 Å². The van der Waals surface area contributed by atoms with Crippen molar-refractivity contribution in [1.82, 2.24) is 5.32 Å². The molecule has 2 aromatic rings. The van der Waals surface area contributed by atoms with Gasteiger partial charge in [0.1, 0.15) is 5.75 Å². The van der Waals surface area contributed by atoms with Gasteiger partial charge in [0.15, 0.2) is 6.10 Å². The van der Waals surface area contributed by atoms with Crippen LogP contribution in [0.1, 0.15) is 46.0 Å². The fraction of sp³-hybridized carbons (Fsp3) is 0.476. The topological polar surface area (TPSA) is 38.3 Å². The van der Waals surface area contributed by atoms with Crippen molar-refractivity contribution in [2.75, 3.05) is 0 Å². The van der Waals surface area contributed by atoms with Crippen LogP contribution in [0, 0.1) is 5.92 Å². The highest BCUT2D eigenvalue weighted by Gasteiger charge is 2.24. The molecule has 1 fully saturated rings. The first-order chi connectivity index (χ1) is 11.6. The third-order valence-corrected chi connectivity index (χ3v) is 5.13. The van der Waals surface area contributed by atoms with Crippen LogP contribution in [-0.2, 0) is 4.79 Å². The molecule has 2 atom stereocenters. The van der Waals surface area contributed by atoms with Crippen LogP contribution in [0.2, 0.25) is 0 Å². The zero-order valence-electron chi connectivity index (χ0n) is 14.6. The third kappa shape index (κ3) is 4.08. The Morgan fingerprint density at radius 3 is 2.50 bits per heavy atom. The second-order valence-electron chi connectivity index (χ2n) is 6.96. The van der Waals surface area contributed by atoms with E-state index in [1.165, 1.54) is 37.5 Å². The molecule has 3 nitrogen and oxygen atoms in total. The number of carbonyl (C=O) groups excluding carboxylic acids is 1. The van der Waals surface area contributed by atoms with Crippen molar-refractivity contribution in [3.05, 3.63) is 42.5 Å². The Kier molecular flexibility index (Phi) is 5.39. The molecule has 1 N–H and O–H groups in total. The summed E-state index contributed by atoms with van der Waals surface area (Å²) in [5, 5.41) is 5.44. The van der Waals surface area contributed by atoms with Crippen molar-refractivity contribution >= 4 is 16.7 Å². The quantitative estimate of drug-likeness (QED) is 0.866. The van der Waals surface area contributed by atoms with Crippen molar-refractivity contribution in [3.63, 3.8) is 0 Å². The van der Waals surface area contributed by atoms with E-state index in [0.29, 0.717) is 5.92 Å². The first kappa shape index (κ1) is 16.8. The predicted molar refractivity (Wildman–Crippen MR) is 98.2 cm³/mol. The summed E-state index contributed by atoms with van der Waals surface area (Å²) in [6.07, 6.45) is 5.86. The highest BCUT2D eigenvalue weighted by molar-refractivity contribution is 5.84. The van der Waals surface area contributed by atoms with E-state index in [4.69, 9.17) is 4.74 Å². The number of fused-ring (bicyclic) bond motifs is 1. The minimum atomic E-state index is -0.489. The van der Waals surface area contributed by atoms with E-state index in [1.807, 2.05) is 37.3 Å². The van der Waals surface area contributed by atoms with Crippen LogP contribution in [0.4, 0.5) is 0 Å². The van der Waals surface area contributed by atoms with Crippen molar-refractivity contribution in [2.45, 2.75) is 58.1 Å². The summed E-state index contributed by atoms with van der Waals surface area (Å²) in [6.45, 7) is 3.94. The average Bonchev–Trinajstić information content (AvgIpc) is 2.62. The van der Waals surface area contributed by atoms with E-state index < -0.39 is 6.10 Å². The molecule has 0 spiro atoms. The number of hydrogen-bond donors (Lipinski definition) is 1. The van der Waals surface area contributed by atoms with Gasteiger partial charge in [-0.25, -0.2) is 0 Å². The first-order valence-corrected chi connectivity index (χ1v) is 9.09. The molecule has 0 bridgehead atoms. The molecule has 1 aliphatic carbocycles. The molecular formula is C21H27NO2. The number of benzene rings is 2. The molecule has 1 amide bonds. The lowest BCUT2D eigenvalue weighted by Gasteiger charge is -2.29. The second-order valence-corrected chi connectivity index (χ2v) is 6.96. The van der Waals surface area contributed by atoms with E-state index in [2.05, 4.69) is 24.4 Å². The van der Waals surface area contributed by atoms with Crippen LogP contribution in [0.3, 0.4) is 0 Å². The molecule has 0 aromatic heterocycles. The molecule has 1 aliphatic rings. The van der Waals surface area contributed by atoms with Crippen molar-refractivity contribution in [1.29, 1.82) is 0 Å². The van der Waals surface area contributed by atoms with Gasteiger partial charge in [-0.1, -0.05) is 49.6 Å². The third-order valence-electron chi connectivity index (χ3n) is 5.13. The van der Waals surface area contributed by atoms with Crippen LogP contribution in [0.5, 0.6) is 5.75 Å². The summed E-state index contributed by atoms with van der Waals surface area (Å²) in [5.41, 5.74) is 0. The minimum Gasteiger partial charge on any atom is -0.481 e. The van der Waals surface area contributed by atoms with Gasteiger partial charge >= 0.3 is 0 Å². The lowest BCUT2D eigenvalue weighted by Crippen LogP contribution is -2.44. The molecule has 0 aliphatic heterocycles. The monoisotopic (exact) mass is 325 g/mol. The lowest BCUT2D eigenvalue weighted by atomic mass is 9.84. The van der Waals surface area contributed by atoms with E-state index in [9.17, 15) is 4.79 Å². The van der Waals surface area contributed by atoms with E-state index >= 15 is 0 Å². The molecule has 0 unspecified atom stereocenters. The van der Waals surface area contributed by atoms with Crippen molar-refractivity contribution in [3.8, 4) is 5.75 Å². The van der Waals surface area contributed by atoms with Crippen LogP contribution >= 0.6 is 0 Å². The van der Waals surface area contributed by atoms with E-state index in [-0.39, 0.29) is 11.9 Å². The predicted octanol–water partition coefficient (Wildman–Crippen LogP) is 4.69. The van der Waals surface area contributed by atoms with Gasteiger partial charge in [0.2, 0.25) is 0 Å². The standard InChI is InChI=1S/C21H27NO2/c1-15(17-8-4-3-5-9-17)22-21(23)16(2)24-20-13-12-18-10-6-7-11-19(18)14-20/h6-7,10-17H,3-5,8-9H2,1-2H3,(H,22,23)/t15-,16+/m0/s1. The van der Waals surface area contributed by atoms with Crippen molar-refractivity contribution < 1.29 is 9.53 Å². The summed E-state index contributed by atoms with van der Waals surface area (Å²) in [6, 6.07) is 14.3. The molecular weight excluding hydrogens is 298 g/mol. The molecule has 0 radical (unpaired) electrons. The second kappa shape index (κ2) is 7.69. The smallest absolute Gasteiger partial charge is 0.260 e. The fourth-order valence-electron chi connectivity index (χ4n) is 3.59. The highest BCUT2D eigenvalue weighted by Crippen LogP contribution is 2.26. The Balaban J connectivity index is 1.58. The van der Waals surface area contributed by atoms with Gasteiger partial charge in [0.25, 0.3) is 5.91 Å². The van der Waals surface area contributed by atoms with Crippen LogP contribution < -0.4 is 10.1 Å². The van der Waals surface area contributed by atoms with Gasteiger partial charge < -0.3 is 10.1 Å². The Morgan fingerprint density at radius 1 is 1.04 bits per heavy atom. The molecule has 1 saturated carbocycles. The van der Waals surface area contributed by atoms with Gasteiger partial charge in [0.05, 0.1) is 0 Å². The van der Waals surface area contributed by atoms with Gasteiger partial charge in [-0.15, -0.1) is 0 Å². The number of carbonyl (C=O) groups is 1. The highest BCUT2D eigenvalue weighted by atomic mass is 16.5. The maximum Gasteiger partial charge on any atom is 0.260 e. The van der Waals surface area contributed by atoms with Crippen molar-refractivity contribution in [2.24, 2.45) is 5.92 Å². The van der Waals surface area contributed by atoms with Gasteiger partial charge in [0, 0.05) is 6.04 Å². The fourth-order valence-corrected chi connectivity index (χ4v) is 3.59. The Bertz CT molecular complexity index is 691. The summed E-state index contributed by atoms with van der Waals surface area (Å²) >= 11 is 0. The van der Waals surface area contributed by atoms with Crippen LogP contribution in [0.25, 0.3) is 10.8 Å². The zero-order valence-corrected chi connectivity index (χ0v) is 14.6. The summed E-state index contributed by atoms with van der Waals surface area (Å²) in [5.74, 6) is 1.32. The summed E-state index contributed by atoms with van der Waals surface area (Å²) in [4.78, 5) is 12.4. The first-order valence-electron chi connectivity index (χ1n) is 9.09. The molecule has 128 valence electrons. The lowest BCUT2D eigenvalue weighted by molar-refractivity contribution is -0.128. The number of amides is 1. The molecule has 0 saturated heterocycles. The Labute approximate surface area is 144 Å². The average molecular weight is 325 g/mol. The van der Waals surface area contributed by atoms with Crippen LogP contribution in [0.15, 0.2) is 42.5 Å². The number of nitrogens with one attached hydrogen (secondary N) is 1. The van der Waals surface area contributed by atoms with Gasteiger partial charge in [-0.05, 0) is 55.5 Å². The SMILES string of the molecule is C[C@H](NC(=O)[C@@H](C)Oc1ccc2ccccc2c1)C1CCCCC1. The Hall–Kier alpha value is -2.03. The molecule has 2 aromatic carbocycles.